The minimum absolute atomic E-state index is 0.0427. The van der Waals surface area contributed by atoms with Crippen molar-refractivity contribution < 1.29 is 9.15 Å². The highest BCUT2D eigenvalue weighted by molar-refractivity contribution is 5.63. The molecule has 0 N–H and O–H groups in total. The van der Waals surface area contributed by atoms with Crippen LogP contribution < -0.4 is 0 Å². The first-order valence-electron chi connectivity index (χ1n) is 9.11. The third-order valence-corrected chi connectivity index (χ3v) is 4.93. The molecule has 1 unspecified atom stereocenters. The first-order valence-corrected chi connectivity index (χ1v) is 9.11. The van der Waals surface area contributed by atoms with E-state index in [0.717, 1.165) is 48.0 Å². The van der Waals surface area contributed by atoms with E-state index in [1.807, 2.05) is 48.8 Å². The number of rotatable bonds is 4. The molecule has 1 aliphatic rings. The summed E-state index contributed by atoms with van der Waals surface area (Å²) >= 11 is 0. The van der Waals surface area contributed by atoms with Gasteiger partial charge in [0.15, 0.2) is 0 Å². The topological polar surface area (TPSA) is 55.8 Å². The molecule has 1 aliphatic heterocycles. The average Bonchev–Trinajstić information content (AvgIpc) is 3.38. The number of morpholine rings is 1. The molecule has 136 valence electrons. The maximum absolute atomic E-state index is 6.03. The van der Waals surface area contributed by atoms with Crippen molar-refractivity contribution in [2.45, 2.75) is 12.6 Å². The van der Waals surface area contributed by atoms with Gasteiger partial charge in [0.1, 0.15) is 17.5 Å². The second-order valence-electron chi connectivity index (χ2n) is 6.71. The molecule has 0 spiro atoms. The molecular weight excluding hydrogens is 340 g/mol. The van der Waals surface area contributed by atoms with Gasteiger partial charge in [-0.1, -0.05) is 6.07 Å². The van der Waals surface area contributed by atoms with Crippen LogP contribution in [0.15, 0.2) is 71.7 Å². The van der Waals surface area contributed by atoms with Crippen molar-refractivity contribution in [1.82, 2.24) is 19.3 Å². The number of nitrogens with zero attached hydrogens (tertiary/aromatic N) is 4. The molecule has 0 saturated carbocycles. The van der Waals surface area contributed by atoms with Crippen LogP contribution in [0.5, 0.6) is 0 Å². The van der Waals surface area contributed by atoms with Crippen molar-refractivity contribution in [2.75, 3.05) is 19.7 Å². The summed E-state index contributed by atoms with van der Waals surface area (Å²) < 4.78 is 13.6. The van der Waals surface area contributed by atoms with Crippen LogP contribution in [0.4, 0.5) is 0 Å². The number of fused-ring (bicyclic) bond motifs is 1. The molecule has 0 radical (unpaired) electrons. The highest BCUT2D eigenvalue weighted by Gasteiger charge is 2.25. The molecule has 4 aromatic rings. The summed E-state index contributed by atoms with van der Waals surface area (Å²) in [7, 11) is 0. The Labute approximate surface area is 157 Å². The minimum atomic E-state index is -0.0427. The van der Waals surface area contributed by atoms with E-state index in [0.29, 0.717) is 6.61 Å². The van der Waals surface area contributed by atoms with Crippen molar-refractivity contribution in [3.8, 4) is 11.3 Å². The minimum Gasteiger partial charge on any atom is -0.468 e. The quantitative estimate of drug-likeness (QED) is 0.557. The zero-order valence-electron chi connectivity index (χ0n) is 14.9. The summed E-state index contributed by atoms with van der Waals surface area (Å²) in [6.07, 6.45) is 7.38. The van der Waals surface area contributed by atoms with Crippen molar-refractivity contribution in [3.63, 3.8) is 0 Å². The molecule has 6 nitrogen and oxygen atoms in total. The van der Waals surface area contributed by atoms with Crippen molar-refractivity contribution in [3.05, 3.63) is 78.8 Å². The number of aromatic nitrogens is 3. The van der Waals surface area contributed by atoms with Gasteiger partial charge in [-0.15, -0.1) is 0 Å². The predicted molar refractivity (Wildman–Crippen MR) is 101 cm³/mol. The standard InChI is InChI=1S/C21H20N4O2/c1-4-19(16-6-8-22-9-7-16)25-14-18(23-21(25)5-1)20-15-24(10-12-27-20)13-17-3-2-11-26-17/h1-9,11,14,20H,10,12-13,15H2. The average molecular weight is 360 g/mol. The molecule has 0 aliphatic carbocycles. The molecule has 5 rings (SSSR count). The van der Waals surface area contributed by atoms with Crippen molar-refractivity contribution in [2.24, 2.45) is 0 Å². The van der Waals surface area contributed by atoms with E-state index in [1.54, 1.807) is 6.26 Å². The summed E-state index contributed by atoms with van der Waals surface area (Å²) in [6.45, 7) is 3.18. The van der Waals surface area contributed by atoms with E-state index in [4.69, 9.17) is 14.1 Å². The van der Waals surface area contributed by atoms with Gasteiger partial charge in [0, 0.05) is 37.2 Å². The lowest BCUT2D eigenvalue weighted by molar-refractivity contribution is -0.0364. The van der Waals surface area contributed by atoms with Crippen LogP contribution in [0.25, 0.3) is 16.9 Å². The van der Waals surface area contributed by atoms with Crippen LogP contribution >= 0.6 is 0 Å². The molecular formula is C21H20N4O2. The van der Waals surface area contributed by atoms with Gasteiger partial charge in [-0.05, 0) is 36.4 Å². The van der Waals surface area contributed by atoms with Crippen LogP contribution in [0.3, 0.4) is 0 Å². The molecule has 1 saturated heterocycles. The Morgan fingerprint density at radius 2 is 2.00 bits per heavy atom. The fourth-order valence-corrected chi connectivity index (χ4v) is 3.59. The Balaban J connectivity index is 1.43. The van der Waals surface area contributed by atoms with Gasteiger partial charge in [0.2, 0.25) is 0 Å². The lowest BCUT2D eigenvalue weighted by Gasteiger charge is -2.31. The summed E-state index contributed by atoms with van der Waals surface area (Å²) in [5.41, 5.74) is 4.09. The second-order valence-corrected chi connectivity index (χ2v) is 6.71. The zero-order chi connectivity index (χ0) is 18.1. The maximum Gasteiger partial charge on any atom is 0.137 e. The Bertz CT molecular complexity index is 1030. The van der Waals surface area contributed by atoms with Crippen LogP contribution in [0.1, 0.15) is 17.6 Å². The predicted octanol–water partition coefficient (Wildman–Crippen LogP) is 3.56. The number of imidazole rings is 1. The van der Waals surface area contributed by atoms with Gasteiger partial charge >= 0.3 is 0 Å². The molecule has 0 amide bonds. The van der Waals surface area contributed by atoms with Gasteiger partial charge in [-0.3, -0.25) is 14.3 Å². The molecule has 4 aromatic heterocycles. The summed E-state index contributed by atoms with van der Waals surface area (Å²) in [5.74, 6) is 0.977. The Morgan fingerprint density at radius 1 is 1.07 bits per heavy atom. The van der Waals surface area contributed by atoms with Crippen LogP contribution in [-0.2, 0) is 11.3 Å². The fourth-order valence-electron chi connectivity index (χ4n) is 3.59. The van der Waals surface area contributed by atoms with Crippen LogP contribution in [-0.4, -0.2) is 39.0 Å². The van der Waals surface area contributed by atoms with Gasteiger partial charge in [-0.2, -0.15) is 0 Å². The highest BCUT2D eigenvalue weighted by atomic mass is 16.5. The molecule has 1 atom stereocenters. The molecule has 0 aromatic carbocycles. The van der Waals surface area contributed by atoms with E-state index in [9.17, 15) is 0 Å². The first kappa shape index (κ1) is 16.2. The van der Waals surface area contributed by atoms with Crippen molar-refractivity contribution >= 4 is 5.65 Å². The van der Waals surface area contributed by atoms with Crippen molar-refractivity contribution in [1.29, 1.82) is 0 Å². The fraction of sp³-hybridized carbons (Fsp3) is 0.238. The molecule has 1 fully saturated rings. The third kappa shape index (κ3) is 3.25. The molecule has 27 heavy (non-hydrogen) atoms. The largest absolute Gasteiger partial charge is 0.468 e. The van der Waals surface area contributed by atoms with Crippen LogP contribution in [0, 0.1) is 0 Å². The number of hydrogen-bond acceptors (Lipinski definition) is 5. The Morgan fingerprint density at radius 3 is 2.85 bits per heavy atom. The smallest absolute Gasteiger partial charge is 0.137 e. The van der Waals surface area contributed by atoms with Gasteiger partial charge in [0.25, 0.3) is 0 Å². The summed E-state index contributed by atoms with van der Waals surface area (Å²) in [4.78, 5) is 11.3. The Kier molecular flexibility index (Phi) is 4.20. The van der Waals surface area contributed by atoms with E-state index >= 15 is 0 Å². The third-order valence-electron chi connectivity index (χ3n) is 4.93. The number of pyridine rings is 2. The number of hydrogen-bond donors (Lipinski definition) is 0. The maximum atomic E-state index is 6.03. The zero-order valence-corrected chi connectivity index (χ0v) is 14.9. The molecule has 5 heterocycles. The van der Waals surface area contributed by atoms with E-state index in [2.05, 4.69) is 26.5 Å². The lowest BCUT2D eigenvalue weighted by atomic mass is 10.2. The van der Waals surface area contributed by atoms with E-state index in [-0.39, 0.29) is 6.10 Å². The number of ether oxygens (including phenoxy) is 1. The molecule has 6 heteroatoms. The summed E-state index contributed by atoms with van der Waals surface area (Å²) in [5, 5.41) is 0. The Hall–Kier alpha value is -2.96. The summed E-state index contributed by atoms with van der Waals surface area (Å²) in [6, 6.07) is 14.1. The van der Waals surface area contributed by atoms with Gasteiger partial charge < -0.3 is 9.15 Å². The molecule has 0 bridgehead atoms. The van der Waals surface area contributed by atoms with Crippen LogP contribution in [0.2, 0.25) is 0 Å². The SMILES string of the molecule is c1coc(CN2CCOC(c3cn4c(-c5ccncc5)cccc4n3)C2)c1. The second kappa shape index (κ2) is 6.98. The number of furan rings is 1. The van der Waals surface area contributed by atoms with E-state index < -0.39 is 0 Å². The highest BCUT2D eigenvalue weighted by Crippen LogP contribution is 2.26. The lowest BCUT2D eigenvalue weighted by Crippen LogP contribution is -2.37. The van der Waals surface area contributed by atoms with Gasteiger partial charge in [-0.25, -0.2) is 4.98 Å². The monoisotopic (exact) mass is 360 g/mol. The van der Waals surface area contributed by atoms with Gasteiger partial charge in [0.05, 0.1) is 30.8 Å². The first-order chi connectivity index (χ1) is 13.4. The van der Waals surface area contributed by atoms with E-state index in [1.165, 1.54) is 0 Å². The normalized spacial score (nSPS) is 18.1.